The number of H-pyrrole nitrogens is 1. The minimum atomic E-state index is 0.657. The number of thioether (sulfide) groups is 2. The summed E-state index contributed by atoms with van der Waals surface area (Å²) in [6.45, 7) is 3.11. The Kier molecular flexibility index (Phi) is 3.96. The van der Waals surface area contributed by atoms with Crippen LogP contribution in [0.25, 0.3) is 11.2 Å². The molecule has 0 aromatic carbocycles. The van der Waals surface area contributed by atoms with Crippen molar-refractivity contribution in [3.63, 3.8) is 0 Å². The van der Waals surface area contributed by atoms with Gasteiger partial charge in [0, 0.05) is 36.1 Å². The van der Waals surface area contributed by atoms with Crippen molar-refractivity contribution in [2.75, 3.05) is 17.3 Å². The van der Waals surface area contributed by atoms with E-state index in [1.807, 2.05) is 23.5 Å². The fourth-order valence-electron chi connectivity index (χ4n) is 2.54. The fourth-order valence-corrected chi connectivity index (χ4v) is 5.46. The second-order valence-corrected chi connectivity index (χ2v) is 7.68. The average Bonchev–Trinajstić information content (AvgIpc) is 2.90. The Morgan fingerprint density at radius 3 is 3.00 bits per heavy atom. The second kappa shape index (κ2) is 5.54. The maximum atomic E-state index is 5.49. The molecule has 0 saturated carbocycles. The normalized spacial score (nSPS) is 20.2. The molecule has 0 amide bonds. The van der Waals surface area contributed by atoms with Crippen LogP contribution in [-0.4, -0.2) is 41.8 Å². The van der Waals surface area contributed by atoms with Crippen molar-refractivity contribution in [2.24, 2.45) is 7.05 Å². The summed E-state index contributed by atoms with van der Waals surface area (Å²) in [5, 5.41) is 5.23. The van der Waals surface area contributed by atoms with Crippen LogP contribution in [0.3, 0.4) is 0 Å². The highest BCUT2D eigenvalue weighted by Gasteiger charge is 2.19. The molecular formula is C12H18N4S3. The molecule has 1 saturated heterocycles. The number of rotatable bonds is 3. The minimum absolute atomic E-state index is 0.657. The molecule has 2 aromatic heterocycles. The molecule has 0 spiro atoms. The molecule has 2 aromatic rings. The van der Waals surface area contributed by atoms with Gasteiger partial charge in [0.15, 0.2) is 10.4 Å². The van der Waals surface area contributed by atoms with Crippen LogP contribution < -0.4 is 0 Å². The lowest BCUT2D eigenvalue weighted by molar-refractivity contribution is 0.662. The summed E-state index contributed by atoms with van der Waals surface area (Å²) in [6, 6.07) is 0. The maximum absolute atomic E-state index is 5.49. The van der Waals surface area contributed by atoms with Crippen LogP contribution in [0.15, 0.2) is 0 Å². The van der Waals surface area contributed by atoms with Crippen LogP contribution in [-0.2, 0) is 20.0 Å². The summed E-state index contributed by atoms with van der Waals surface area (Å²) in [5.74, 6) is 3.75. The first-order valence-corrected chi connectivity index (χ1v) is 9.15. The van der Waals surface area contributed by atoms with E-state index in [9.17, 15) is 0 Å². The molecule has 1 aliphatic heterocycles. The van der Waals surface area contributed by atoms with E-state index in [1.165, 1.54) is 17.3 Å². The Bertz CT molecular complexity index is 633. The number of hydrogen-bond donors (Lipinski definition) is 1. The van der Waals surface area contributed by atoms with Crippen LogP contribution in [0, 0.1) is 4.77 Å². The predicted octanol–water partition coefficient (Wildman–Crippen LogP) is 2.84. The summed E-state index contributed by atoms with van der Waals surface area (Å²) in [7, 11) is 2.00. The molecule has 3 heterocycles. The Hall–Kier alpha value is -0.400. The zero-order valence-corrected chi connectivity index (χ0v) is 13.6. The molecule has 4 nitrogen and oxygen atoms in total. The first kappa shape index (κ1) is 13.6. The molecule has 3 rings (SSSR count). The number of aromatic nitrogens is 4. The van der Waals surface area contributed by atoms with Gasteiger partial charge in [-0.05, 0) is 18.6 Å². The van der Waals surface area contributed by atoms with Gasteiger partial charge in [-0.3, -0.25) is 4.68 Å². The highest BCUT2D eigenvalue weighted by Crippen LogP contribution is 2.27. The van der Waals surface area contributed by atoms with Crippen LogP contribution in [0.5, 0.6) is 0 Å². The van der Waals surface area contributed by atoms with Crippen molar-refractivity contribution >= 4 is 46.9 Å². The lowest BCUT2D eigenvalue weighted by atomic mass is 10.3. The van der Waals surface area contributed by atoms with Crippen molar-refractivity contribution in [2.45, 2.75) is 25.1 Å². The molecule has 1 atom stereocenters. The minimum Gasteiger partial charge on any atom is -0.328 e. The van der Waals surface area contributed by atoms with E-state index in [-0.39, 0.29) is 0 Å². The summed E-state index contributed by atoms with van der Waals surface area (Å²) in [6.07, 6.45) is 0.931. The van der Waals surface area contributed by atoms with Gasteiger partial charge < -0.3 is 9.55 Å². The zero-order chi connectivity index (χ0) is 13.4. The molecule has 0 radical (unpaired) electrons. The number of nitrogens with one attached hydrogen (secondary N) is 1. The molecule has 1 unspecified atom stereocenters. The zero-order valence-electron chi connectivity index (χ0n) is 11.2. The number of nitrogens with zero attached hydrogens (tertiary/aromatic N) is 3. The largest absolute Gasteiger partial charge is 0.328 e. The summed E-state index contributed by atoms with van der Waals surface area (Å²) >= 11 is 9.61. The van der Waals surface area contributed by atoms with Gasteiger partial charge in [0.1, 0.15) is 5.52 Å². The van der Waals surface area contributed by atoms with E-state index in [0.717, 1.165) is 34.6 Å². The van der Waals surface area contributed by atoms with E-state index in [1.54, 1.807) is 0 Å². The molecular weight excluding hydrogens is 296 g/mol. The highest BCUT2D eigenvalue weighted by atomic mass is 32.2. The van der Waals surface area contributed by atoms with E-state index >= 15 is 0 Å². The van der Waals surface area contributed by atoms with Gasteiger partial charge in [-0.15, -0.1) is 0 Å². The summed E-state index contributed by atoms with van der Waals surface area (Å²) < 4.78 is 5.01. The Balaban J connectivity index is 2.00. The van der Waals surface area contributed by atoms with E-state index in [4.69, 9.17) is 12.2 Å². The average molecular weight is 315 g/mol. The van der Waals surface area contributed by atoms with Gasteiger partial charge in [0.05, 0.1) is 5.69 Å². The molecule has 0 bridgehead atoms. The molecule has 7 heteroatoms. The molecule has 104 valence electrons. The Morgan fingerprint density at radius 1 is 1.47 bits per heavy atom. The van der Waals surface area contributed by atoms with Gasteiger partial charge >= 0.3 is 0 Å². The van der Waals surface area contributed by atoms with Crippen molar-refractivity contribution in [1.82, 2.24) is 19.3 Å². The van der Waals surface area contributed by atoms with Gasteiger partial charge in [-0.25, -0.2) is 0 Å². The lowest BCUT2D eigenvalue weighted by Gasteiger charge is -2.21. The van der Waals surface area contributed by atoms with Crippen molar-refractivity contribution in [3.8, 4) is 0 Å². The van der Waals surface area contributed by atoms with E-state index in [0.29, 0.717) is 5.25 Å². The number of fused-ring (bicyclic) bond motifs is 1. The summed E-state index contributed by atoms with van der Waals surface area (Å²) in [4.78, 5) is 3.34. The second-order valence-electron chi connectivity index (χ2n) is 4.73. The van der Waals surface area contributed by atoms with Crippen LogP contribution in [0.1, 0.15) is 12.6 Å². The smallest absolute Gasteiger partial charge is 0.179 e. The molecule has 1 aliphatic rings. The molecule has 1 fully saturated rings. The van der Waals surface area contributed by atoms with Crippen LogP contribution >= 0.6 is 35.7 Å². The third kappa shape index (κ3) is 2.48. The topological polar surface area (TPSA) is 38.5 Å². The number of hydrogen-bond acceptors (Lipinski definition) is 4. The van der Waals surface area contributed by atoms with Crippen molar-refractivity contribution in [3.05, 3.63) is 10.5 Å². The SMILES string of the molecule is CCc1nn(C)c2c1[nH]c(=S)n2CC1CSCCS1. The van der Waals surface area contributed by atoms with Gasteiger partial charge in [-0.2, -0.15) is 28.6 Å². The van der Waals surface area contributed by atoms with E-state index < -0.39 is 0 Å². The first-order valence-electron chi connectivity index (χ1n) is 6.54. The highest BCUT2D eigenvalue weighted by molar-refractivity contribution is 8.06. The first-order chi connectivity index (χ1) is 9.20. The predicted molar refractivity (Wildman–Crippen MR) is 86.8 cm³/mol. The van der Waals surface area contributed by atoms with Crippen LogP contribution in [0.2, 0.25) is 0 Å². The van der Waals surface area contributed by atoms with Crippen molar-refractivity contribution in [1.29, 1.82) is 0 Å². The van der Waals surface area contributed by atoms with Gasteiger partial charge in [0.25, 0.3) is 0 Å². The van der Waals surface area contributed by atoms with Gasteiger partial charge in [0.2, 0.25) is 0 Å². The molecule has 0 aliphatic carbocycles. The monoisotopic (exact) mass is 314 g/mol. The Morgan fingerprint density at radius 2 is 2.32 bits per heavy atom. The van der Waals surface area contributed by atoms with Gasteiger partial charge in [-0.1, -0.05) is 6.92 Å². The maximum Gasteiger partial charge on any atom is 0.179 e. The third-order valence-corrected chi connectivity index (χ3v) is 6.58. The fraction of sp³-hybridized carbons (Fsp3) is 0.667. The third-order valence-electron chi connectivity index (χ3n) is 3.43. The quantitative estimate of drug-likeness (QED) is 0.884. The standard InChI is InChI=1S/C12H18N4S3/c1-3-9-10-11(15(2)14-9)16(12(17)13-10)6-8-7-18-4-5-19-8/h8H,3-7H2,1-2H3,(H,13,17). The number of imidazole rings is 1. The van der Waals surface area contributed by atoms with E-state index in [2.05, 4.69) is 33.3 Å². The van der Waals surface area contributed by atoms with Crippen molar-refractivity contribution < 1.29 is 0 Å². The Labute approximate surface area is 126 Å². The van der Waals surface area contributed by atoms with Crippen LogP contribution in [0.4, 0.5) is 0 Å². The number of aromatic amines is 1. The lowest BCUT2D eigenvalue weighted by Crippen LogP contribution is -2.21. The number of aryl methyl sites for hydroxylation is 2. The summed E-state index contributed by atoms with van der Waals surface area (Å²) in [5.41, 5.74) is 3.36. The molecule has 19 heavy (non-hydrogen) atoms. The molecule has 1 N–H and O–H groups in total.